The highest BCUT2D eigenvalue weighted by Crippen LogP contribution is 2.29. The highest BCUT2D eigenvalue weighted by Gasteiger charge is 2.08. The van der Waals surface area contributed by atoms with Crippen LogP contribution in [0.1, 0.15) is 23.6 Å². The molecule has 2 rings (SSSR count). The number of nitrogens with two attached hydrogens (primary N) is 1. The van der Waals surface area contributed by atoms with E-state index in [-0.39, 0.29) is 5.97 Å². The molecule has 0 amide bonds. The van der Waals surface area contributed by atoms with Gasteiger partial charge in [-0.25, -0.2) is 9.78 Å². The third-order valence-electron chi connectivity index (χ3n) is 3.15. The van der Waals surface area contributed by atoms with Gasteiger partial charge in [-0.15, -0.1) is 0 Å². The molecule has 0 radical (unpaired) electrons. The van der Waals surface area contributed by atoms with Gasteiger partial charge in [-0.2, -0.15) is 0 Å². The second-order valence-corrected chi connectivity index (χ2v) is 5.10. The molecule has 2 N–H and O–H groups in total. The smallest absolute Gasteiger partial charge is 0.330 e. The average molecular weight is 312 g/mol. The van der Waals surface area contributed by atoms with Gasteiger partial charge < -0.3 is 15.2 Å². The van der Waals surface area contributed by atoms with E-state index in [1.54, 1.807) is 31.3 Å². The summed E-state index contributed by atoms with van der Waals surface area (Å²) in [4.78, 5) is 15.5. The Bertz CT molecular complexity index is 699. The number of ether oxygens (including phenoxy) is 2. The summed E-state index contributed by atoms with van der Waals surface area (Å²) in [5.74, 6) is 0.880. The van der Waals surface area contributed by atoms with E-state index in [4.69, 9.17) is 15.2 Å². The van der Waals surface area contributed by atoms with Crippen LogP contribution in [0.5, 0.6) is 11.6 Å². The maximum absolute atomic E-state index is 11.4. The maximum Gasteiger partial charge on any atom is 0.330 e. The topological polar surface area (TPSA) is 74.4 Å². The summed E-state index contributed by atoms with van der Waals surface area (Å²) in [5.41, 5.74) is 9.01. The lowest BCUT2D eigenvalue weighted by atomic mass is 10.1. The lowest BCUT2D eigenvalue weighted by Gasteiger charge is -2.12. The molecule has 5 heteroatoms. The van der Waals surface area contributed by atoms with E-state index < -0.39 is 0 Å². The van der Waals surface area contributed by atoms with Crippen molar-refractivity contribution in [3.8, 4) is 11.6 Å². The van der Waals surface area contributed by atoms with Crippen LogP contribution in [0.25, 0.3) is 6.08 Å². The Morgan fingerprint density at radius 3 is 2.52 bits per heavy atom. The van der Waals surface area contributed by atoms with E-state index in [0.29, 0.717) is 18.2 Å². The zero-order chi connectivity index (χ0) is 16.8. The van der Waals surface area contributed by atoms with Crippen molar-refractivity contribution >= 4 is 17.7 Å². The Morgan fingerprint density at radius 2 is 1.96 bits per heavy atom. The van der Waals surface area contributed by atoms with E-state index in [1.807, 2.05) is 26.0 Å². The number of anilines is 1. The van der Waals surface area contributed by atoms with Gasteiger partial charge in [0.25, 0.3) is 0 Å². The molecule has 0 saturated heterocycles. The first kappa shape index (κ1) is 16.5. The number of aromatic nitrogens is 1. The van der Waals surface area contributed by atoms with Crippen LogP contribution in [0, 0.1) is 13.8 Å². The minimum atomic E-state index is -0.353. The average Bonchev–Trinajstić information content (AvgIpc) is 2.51. The lowest BCUT2D eigenvalue weighted by molar-refractivity contribution is -0.137. The van der Waals surface area contributed by atoms with Gasteiger partial charge in [0.15, 0.2) is 0 Å². The third kappa shape index (κ3) is 4.57. The van der Waals surface area contributed by atoms with E-state index in [9.17, 15) is 4.79 Å². The number of aryl methyl sites for hydroxylation is 2. The van der Waals surface area contributed by atoms with Crippen molar-refractivity contribution in [1.29, 1.82) is 0 Å². The number of hydrogen-bond donors (Lipinski definition) is 1. The van der Waals surface area contributed by atoms with Crippen molar-refractivity contribution in [2.45, 2.75) is 20.8 Å². The predicted octanol–water partition coefficient (Wildman–Crippen LogP) is 3.65. The lowest BCUT2D eigenvalue weighted by Crippen LogP contribution is -1.99. The molecule has 0 unspecified atom stereocenters. The first-order chi connectivity index (χ1) is 11.0. The number of pyridine rings is 1. The van der Waals surface area contributed by atoms with Crippen LogP contribution in [-0.4, -0.2) is 17.6 Å². The van der Waals surface area contributed by atoms with Crippen molar-refractivity contribution in [3.05, 3.63) is 53.2 Å². The molecule has 5 nitrogen and oxygen atoms in total. The Kier molecular flexibility index (Phi) is 5.36. The van der Waals surface area contributed by atoms with Crippen molar-refractivity contribution in [3.63, 3.8) is 0 Å². The van der Waals surface area contributed by atoms with Crippen LogP contribution in [0.3, 0.4) is 0 Å². The Hall–Kier alpha value is -2.82. The summed E-state index contributed by atoms with van der Waals surface area (Å²) in [6.45, 7) is 6.03. The first-order valence-electron chi connectivity index (χ1n) is 7.35. The molecule has 0 aliphatic rings. The number of benzene rings is 1. The van der Waals surface area contributed by atoms with Gasteiger partial charge >= 0.3 is 5.97 Å². The number of rotatable bonds is 5. The van der Waals surface area contributed by atoms with Gasteiger partial charge in [0.1, 0.15) is 5.75 Å². The van der Waals surface area contributed by atoms with Gasteiger partial charge in [-0.05, 0) is 61.7 Å². The minimum Gasteiger partial charge on any atom is -0.463 e. The maximum atomic E-state index is 11.4. The highest BCUT2D eigenvalue weighted by molar-refractivity contribution is 5.87. The fraction of sp³-hybridized carbons (Fsp3) is 0.222. The van der Waals surface area contributed by atoms with Gasteiger partial charge in [-0.1, -0.05) is 0 Å². The van der Waals surface area contributed by atoms with E-state index in [1.165, 1.54) is 6.08 Å². The molecule has 1 aromatic carbocycles. The summed E-state index contributed by atoms with van der Waals surface area (Å²) in [6.07, 6.45) is 4.69. The molecule has 120 valence electrons. The summed E-state index contributed by atoms with van der Waals surface area (Å²) in [7, 11) is 0. The normalized spacial score (nSPS) is 10.7. The summed E-state index contributed by atoms with van der Waals surface area (Å²) in [5, 5.41) is 0. The Balaban J connectivity index is 2.20. The van der Waals surface area contributed by atoms with Crippen LogP contribution in [-0.2, 0) is 9.53 Å². The molecule has 0 atom stereocenters. The van der Waals surface area contributed by atoms with E-state index in [2.05, 4.69) is 4.98 Å². The second kappa shape index (κ2) is 7.45. The molecule has 2 aromatic rings. The Morgan fingerprint density at radius 1 is 1.26 bits per heavy atom. The molecule has 0 spiro atoms. The zero-order valence-electron chi connectivity index (χ0n) is 13.5. The van der Waals surface area contributed by atoms with Gasteiger partial charge in [0, 0.05) is 12.1 Å². The van der Waals surface area contributed by atoms with Crippen LogP contribution < -0.4 is 10.5 Å². The SMILES string of the molecule is CCOC(=O)/C=C/c1cc(C)c(Oc2ccc(N)cn2)c(C)c1. The molecular weight excluding hydrogens is 292 g/mol. The quantitative estimate of drug-likeness (QED) is 0.674. The molecule has 0 bridgehead atoms. The minimum absolute atomic E-state index is 0.353. The van der Waals surface area contributed by atoms with Crippen molar-refractivity contribution in [2.75, 3.05) is 12.3 Å². The van der Waals surface area contributed by atoms with Gasteiger partial charge in [0.05, 0.1) is 18.5 Å². The van der Waals surface area contributed by atoms with Gasteiger partial charge in [0.2, 0.25) is 5.88 Å². The predicted molar refractivity (Wildman–Crippen MR) is 90.3 cm³/mol. The number of carbonyl (C=O) groups is 1. The fourth-order valence-corrected chi connectivity index (χ4v) is 2.15. The number of esters is 1. The van der Waals surface area contributed by atoms with Gasteiger partial charge in [-0.3, -0.25) is 0 Å². The summed E-state index contributed by atoms with van der Waals surface area (Å²) >= 11 is 0. The second-order valence-electron chi connectivity index (χ2n) is 5.10. The molecule has 1 aromatic heterocycles. The van der Waals surface area contributed by atoms with Crippen LogP contribution in [0.4, 0.5) is 5.69 Å². The number of carbonyl (C=O) groups excluding carboxylic acids is 1. The molecular formula is C18H20N2O3. The highest BCUT2D eigenvalue weighted by atomic mass is 16.5. The monoisotopic (exact) mass is 312 g/mol. The van der Waals surface area contributed by atoms with Crippen molar-refractivity contribution < 1.29 is 14.3 Å². The molecule has 0 saturated carbocycles. The van der Waals surface area contributed by atoms with Crippen LogP contribution in [0.15, 0.2) is 36.5 Å². The van der Waals surface area contributed by atoms with E-state index >= 15 is 0 Å². The molecule has 0 aliphatic heterocycles. The van der Waals surface area contributed by atoms with Crippen LogP contribution >= 0.6 is 0 Å². The number of nitrogen functional groups attached to an aromatic ring is 1. The number of hydrogen-bond acceptors (Lipinski definition) is 5. The Labute approximate surface area is 135 Å². The molecule has 1 heterocycles. The van der Waals surface area contributed by atoms with Crippen LogP contribution in [0.2, 0.25) is 0 Å². The van der Waals surface area contributed by atoms with E-state index in [0.717, 1.165) is 22.4 Å². The molecule has 0 aliphatic carbocycles. The standard InChI is InChI=1S/C18H20N2O3/c1-4-22-17(21)8-5-14-9-12(2)18(13(3)10-14)23-16-7-6-15(19)11-20-16/h5-11H,4,19H2,1-3H3/b8-5+. The summed E-state index contributed by atoms with van der Waals surface area (Å²) < 4.78 is 10.7. The third-order valence-corrected chi connectivity index (χ3v) is 3.15. The van der Waals surface area contributed by atoms with Crippen molar-refractivity contribution in [2.24, 2.45) is 0 Å². The first-order valence-corrected chi connectivity index (χ1v) is 7.35. The molecule has 0 fully saturated rings. The largest absolute Gasteiger partial charge is 0.463 e. The number of nitrogens with zero attached hydrogens (tertiary/aromatic N) is 1. The zero-order valence-corrected chi connectivity index (χ0v) is 13.5. The fourth-order valence-electron chi connectivity index (χ4n) is 2.15. The molecule has 23 heavy (non-hydrogen) atoms. The summed E-state index contributed by atoms with van der Waals surface area (Å²) in [6, 6.07) is 7.34. The van der Waals surface area contributed by atoms with Crippen molar-refractivity contribution in [1.82, 2.24) is 4.98 Å².